The molecule has 0 atom stereocenters. The molecule has 32 heavy (non-hydrogen) atoms. The van der Waals surface area contributed by atoms with Crippen LogP contribution in [0.1, 0.15) is 71.6 Å². The Morgan fingerprint density at radius 3 is 2.19 bits per heavy atom. The first kappa shape index (κ1) is 25.2. The fourth-order valence-electron chi connectivity index (χ4n) is 3.11. The maximum atomic E-state index is 12.1. The molecule has 0 aliphatic heterocycles. The third-order valence-electron chi connectivity index (χ3n) is 4.90. The van der Waals surface area contributed by atoms with Crippen LogP contribution in [0.5, 0.6) is 11.5 Å². The van der Waals surface area contributed by atoms with Crippen LogP contribution in [0.15, 0.2) is 45.6 Å². The quantitative estimate of drug-likeness (QED) is 0.0891. The highest BCUT2D eigenvalue weighted by Gasteiger charge is 2.17. The van der Waals surface area contributed by atoms with Crippen molar-refractivity contribution in [1.82, 2.24) is 0 Å². The number of hydrogen-bond donors (Lipinski definition) is 0. The van der Waals surface area contributed by atoms with Crippen LogP contribution in [-0.4, -0.2) is 18.7 Å². The highest BCUT2D eigenvalue weighted by molar-refractivity contribution is 5.90. The predicted molar refractivity (Wildman–Crippen MR) is 122 cm³/mol. The molecule has 0 spiro atoms. The van der Waals surface area contributed by atoms with Gasteiger partial charge in [-0.3, -0.25) is 0 Å². The summed E-state index contributed by atoms with van der Waals surface area (Å²) in [7, 11) is 0. The van der Waals surface area contributed by atoms with Gasteiger partial charge in [-0.05, 0) is 25.5 Å². The molecule has 0 aliphatic carbocycles. The first-order valence-corrected chi connectivity index (χ1v) is 11.2. The minimum atomic E-state index is -0.921. The van der Waals surface area contributed by atoms with Gasteiger partial charge in [-0.1, -0.05) is 64.9 Å². The minimum absolute atomic E-state index is 0.000581. The Labute approximate surface area is 188 Å². The second-order valence-electron chi connectivity index (χ2n) is 7.79. The lowest BCUT2D eigenvalue weighted by Gasteiger charge is -2.11. The van der Waals surface area contributed by atoms with Gasteiger partial charge in [-0.15, -0.1) is 0 Å². The average Bonchev–Trinajstić information content (AvgIpc) is 2.75. The van der Waals surface area contributed by atoms with Crippen molar-refractivity contribution in [3.05, 3.63) is 46.8 Å². The Morgan fingerprint density at radius 1 is 0.906 bits per heavy atom. The molecule has 1 aromatic heterocycles. The van der Waals surface area contributed by atoms with E-state index in [1.807, 2.05) is 0 Å². The molecule has 174 valence electrons. The summed E-state index contributed by atoms with van der Waals surface area (Å²) in [5.41, 5.74) is -0.180. The fraction of sp³-hybridized carbons (Fsp3) is 0.480. The van der Waals surface area contributed by atoms with Gasteiger partial charge in [-0.2, -0.15) is 0 Å². The van der Waals surface area contributed by atoms with E-state index in [0.717, 1.165) is 19.3 Å². The Morgan fingerprint density at radius 2 is 1.53 bits per heavy atom. The van der Waals surface area contributed by atoms with Gasteiger partial charge < -0.3 is 18.6 Å². The van der Waals surface area contributed by atoms with Gasteiger partial charge in [0.15, 0.2) is 11.5 Å². The zero-order valence-electron chi connectivity index (χ0n) is 18.9. The second-order valence-corrected chi connectivity index (χ2v) is 7.79. The summed E-state index contributed by atoms with van der Waals surface area (Å²) in [5.74, 6) is -0.757. The number of carbonyl (C=O) groups is 2. The number of ether oxygens (including phenoxy) is 3. The second kappa shape index (κ2) is 13.3. The van der Waals surface area contributed by atoms with E-state index in [1.54, 1.807) is 0 Å². The molecule has 0 amide bonds. The molecular formula is C25H32O7. The molecule has 7 nitrogen and oxygen atoms in total. The molecule has 0 N–H and O–H groups in total. The molecule has 0 aliphatic rings. The predicted octanol–water partition coefficient (Wildman–Crippen LogP) is 6.32. The molecule has 0 saturated heterocycles. The van der Waals surface area contributed by atoms with Gasteiger partial charge in [-0.25, -0.2) is 14.4 Å². The van der Waals surface area contributed by atoms with Crippen LogP contribution in [0.2, 0.25) is 0 Å². The van der Waals surface area contributed by atoms with Crippen molar-refractivity contribution in [2.24, 2.45) is 0 Å². The van der Waals surface area contributed by atoms with Gasteiger partial charge in [0.1, 0.15) is 5.58 Å². The monoisotopic (exact) mass is 444 g/mol. The minimum Gasteiger partial charge on any atom is -0.434 e. The van der Waals surface area contributed by atoms with E-state index in [0.29, 0.717) is 5.39 Å². The highest BCUT2D eigenvalue weighted by atomic mass is 16.7. The van der Waals surface area contributed by atoms with Crippen molar-refractivity contribution in [3.8, 4) is 11.5 Å². The highest BCUT2D eigenvalue weighted by Crippen LogP contribution is 2.33. The van der Waals surface area contributed by atoms with Gasteiger partial charge in [0, 0.05) is 23.1 Å². The van der Waals surface area contributed by atoms with E-state index < -0.39 is 17.8 Å². The summed E-state index contributed by atoms with van der Waals surface area (Å²) in [4.78, 5) is 35.6. The van der Waals surface area contributed by atoms with Crippen molar-refractivity contribution in [3.63, 3.8) is 0 Å². The van der Waals surface area contributed by atoms with Gasteiger partial charge in [0.25, 0.3) is 0 Å². The first-order valence-electron chi connectivity index (χ1n) is 11.2. The molecule has 0 saturated carbocycles. The molecule has 7 heteroatoms. The number of fused-ring (bicyclic) bond motifs is 1. The van der Waals surface area contributed by atoms with Crippen LogP contribution in [0.3, 0.4) is 0 Å². The smallest absolute Gasteiger partial charge is 0.434 e. The van der Waals surface area contributed by atoms with Gasteiger partial charge >= 0.3 is 17.8 Å². The Balaban J connectivity index is 1.88. The lowest BCUT2D eigenvalue weighted by Crippen LogP contribution is -2.14. The first-order chi connectivity index (χ1) is 15.4. The zero-order chi connectivity index (χ0) is 23.3. The van der Waals surface area contributed by atoms with Crippen molar-refractivity contribution in [1.29, 1.82) is 0 Å². The van der Waals surface area contributed by atoms with Crippen LogP contribution in [-0.2, 0) is 9.53 Å². The van der Waals surface area contributed by atoms with Crippen LogP contribution >= 0.6 is 0 Å². The van der Waals surface area contributed by atoms with Gasteiger partial charge in [0.2, 0.25) is 0 Å². The van der Waals surface area contributed by atoms with Crippen molar-refractivity contribution in [2.75, 3.05) is 6.61 Å². The summed E-state index contributed by atoms with van der Waals surface area (Å²) in [6, 6.07) is 5.53. The van der Waals surface area contributed by atoms with Crippen LogP contribution in [0, 0.1) is 0 Å². The maximum absolute atomic E-state index is 12.1. The normalized spacial score (nSPS) is 10.7. The molecule has 0 fully saturated rings. The largest absolute Gasteiger partial charge is 0.513 e. The summed E-state index contributed by atoms with van der Waals surface area (Å²) >= 11 is 0. The molecular weight excluding hydrogens is 412 g/mol. The van der Waals surface area contributed by atoms with Crippen LogP contribution < -0.4 is 15.1 Å². The van der Waals surface area contributed by atoms with E-state index in [1.165, 1.54) is 69.7 Å². The molecule has 1 heterocycles. The zero-order valence-corrected chi connectivity index (χ0v) is 18.9. The van der Waals surface area contributed by atoms with Crippen molar-refractivity contribution in [2.45, 2.75) is 71.6 Å². The number of hydrogen-bond acceptors (Lipinski definition) is 7. The van der Waals surface area contributed by atoms with Crippen LogP contribution in [0.4, 0.5) is 4.79 Å². The summed E-state index contributed by atoms with van der Waals surface area (Å²) < 4.78 is 20.7. The summed E-state index contributed by atoms with van der Waals surface area (Å²) in [6.45, 7) is 7.48. The summed E-state index contributed by atoms with van der Waals surface area (Å²) in [5, 5.41) is 0.504. The lowest BCUT2D eigenvalue weighted by molar-refractivity contribution is -0.130. The SMILES string of the molecule is C=C(C)C(=O)Oc1cc2ccc(=O)oc2cc1OC(=O)OCCCCCCCCCCC. The summed E-state index contributed by atoms with van der Waals surface area (Å²) in [6.07, 6.45) is 9.46. The Hall–Kier alpha value is -3.09. The van der Waals surface area contributed by atoms with E-state index >= 15 is 0 Å². The number of esters is 1. The number of benzene rings is 1. The average molecular weight is 445 g/mol. The van der Waals surface area contributed by atoms with Crippen molar-refractivity contribution >= 4 is 23.1 Å². The molecule has 0 radical (unpaired) electrons. The number of unbranched alkanes of at least 4 members (excludes halogenated alkanes) is 8. The van der Waals surface area contributed by atoms with E-state index in [4.69, 9.17) is 18.6 Å². The Kier molecular flexibility index (Phi) is 10.5. The molecule has 0 unspecified atom stereocenters. The lowest BCUT2D eigenvalue weighted by atomic mass is 10.1. The van der Waals surface area contributed by atoms with E-state index in [9.17, 15) is 14.4 Å². The maximum Gasteiger partial charge on any atom is 0.513 e. The topological polar surface area (TPSA) is 92.0 Å². The third kappa shape index (κ3) is 8.57. The standard InChI is InChI=1S/C25H32O7/c1-4-5-6-7-8-9-10-11-12-15-29-25(28)32-22-17-20-19(13-14-23(26)30-20)16-21(22)31-24(27)18(2)3/h13-14,16-17H,2,4-12,15H2,1,3H3. The molecule has 0 bridgehead atoms. The molecule has 2 aromatic rings. The Bertz CT molecular complexity index is 974. The van der Waals surface area contributed by atoms with E-state index in [2.05, 4.69) is 13.5 Å². The fourth-order valence-corrected chi connectivity index (χ4v) is 3.11. The van der Waals surface area contributed by atoms with Gasteiger partial charge in [0.05, 0.1) is 6.61 Å². The van der Waals surface area contributed by atoms with E-state index in [-0.39, 0.29) is 29.3 Å². The van der Waals surface area contributed by atoms with Crippen LogP contribution in [0.25, 0.3) is 11.0 Å². The molecule has 1 aromatic carbocycles. The van der Waals surface area contributed by atoms with Crippen molar-refractivity contribution < 1.29 is 28.2 Å². The number of carbonyl (C=O) groups excluding carboxylic acids is 2. The molecule has 2 rings (SSSR count). The third-order valence-corrected chi connectivity index (χ3v) is 4.90. The number of rotatable bonds is 13.